The maximum absolute atomic E-state index is 8.58. The molecule has 0 bridgehead atoms. The number of aromatic nitrogens is 2. The normalized spacial score (nSPS) is 11.1. The van der Waals surface area contributed by atoms with Crippen LogP contribution in [0.2, 0.25) is 0 Å². The molecule has 0 radical (unpaired) electrons. The van der Waals surface area contributed by atoms with Gasteiger partial charge in [0, 0.05) is 6.20 Å². The van der Waals surface area contributed by atoms with Crippen LogP contribution in [0.1, 0.15) is 0 Å². The number of aliphatic hydroxyl groups excluding tert-OH is 1. The van der Waals surface area contributed by atoms with Gasteiger partial charge < -0.3 is 19.3 Å². The number of pyridine rings is 1. The van der Waals surface area contributed by atoms with Gasteiger partial charge in [-0.1, -0.05) is 6.07 Å². The Morgan fingerprint density at radius 3 is 2.60 bits per heavy atom. The zero-order chi connectivity index (χ0) is 17.3. The van der Waals surface area contributed by atoms with E-state index in [9.17, 15) is 0 Å². The number of thiazole rings is 1. The molecular weight excluding hydrogens is 340 g/mol. The van der Waals surface area contributed by atoms with E-state index in [1.54, 1.807) is 17.5 Å². The van der Waals surface area contributed by atoms with Crippen molar-refractivity contribution < 1.29 is 19.3 Å². The van der Waals surface area contributed by atoms with Crippen LogP contribution >= 0.6 is 11.3 Å². The lowest BCUT2D eigenvalue weighted by Gasteiger charge is -2.07. The third-order valence-corrected chi connectivity index (χ3v) is 4.39. The molecule has 3 aromatic rings. The van der Waals surface area contributed by atoms with Crippen molar-refractivity contribution in [1.29, 1.82) is 0 Å². The summed E-state index contributed by atoms with van der Waals surface area (Å²) < 4.78 is 17.3. The van der Waals surface area contributed by atoms with Crippen LogP contribution in [-0.4, -0.2) is 54.7 Å². The second-order valence-corrected chi connectivity index (χ2v) is 6.19. The van der Waals surface area contributed by atoms with Gasteiger partial charge >= 0.3 is 0 Å². The van der Waals surface area contributed by atoms with E-state index >= 15 is 0 Å². The number of ether oxygens (including phenoxy) is 3. The fraction of sp³-hybridized carbons (Fsp3) is 0.333. The van der Waals surface area contributed by atoms with Gasteiger partial charge in [0.05, 0.1) is 48.9 Å². The average Bonchev–Trinajstić information content (AvgIpc) is 3.08. The predicted octanol–water partition coefficient (Wildman–Crippen LogP) is 2.76. The fourth-order valence-electron chi connectivity index (χ4n) is 2.20. The number of rotatable bonds is 10. The minimum Gasteiger partial charge on any atom is -0.491 e. The standard InChI is InChI=1S/C18H20N2O4S/c21-7-8-22-9-10-23-11-12-24-14-4-5-15-17(13-14)25-18(20-15)16-3-1-2-6-19-16/h1-6,13,21H,7-12H2. The molecule has 3 rings (SSSR count). The van der Waals surface area contributed by atoms with Crippen LogP contribution in [0.4, 0.5) is 0 Å². The van der Waals surface area contributed by atoms with Crippen LogP contribution < -0.4 is 4.74 Å². The Morgan fingerprint density at radius 1 is 0.960 bits per heavy atom. The Labute approximate surface area is 150 Å². The van der Waals surface area contributed by atoms with Gasteiger partial charge in [0.25, 0.3) is 0 Å². The number of nitrogens with zero attached hydrogens (tertiary/aromatic N) is 2. The molecular formula is C18H20N2O4S. The maximum atomic E-state index is 8.58. The number of hydrogen-bond acceptors (Lipinski definition) is 7. The average molecular weight is 360 g/mol. The van der Waals surface area contributed by atoms with Crippen LogP contribution in [0.25, 0.3) is 20.9 Å². The van der Waals surface area contributed by atoms with Crippen molar-refractivity contribution in [3.8, 4) is 16.5 Å². The lowest BCUT2D eigenvalue weighted by atomic mass is 10.3. The van der Waals surface area contributed by atoms with Gasteiger partial charge in [-0.3, -0.25) is 4.98 Å². The first-order valence-electron chi connectivity index (χ1n) is 8.08. The summed E-state index contributed by atoms with van der Waals surface area (Å²) in [7, 11) is 0. The Balaban J connectivity index is 1.50. The molecule has 0 aliphatic heterocycles. The molecule has 7 heteroatoms. The monoisotopic (exact) mass is 360 g/mol. The lowest BCUT2D eigenvalue weighted by Crippen LogP contribution is -2.11. The summed E-state index contributed by atoms with van der Waals surface area (Å²) in [5.74, 6) is 0.795. The Hall–Kier alpha value is -2.06. The van der Waals surface area contributed by atoms with Gasteiger partial charge in [0.15, 0.2) is 0 Å². The number of fused-ring (bicyclic) bond motifs is 1. The minimum atomic E-state index is 0.0330. The molecule has 0 aliphatic carbocycles. The second-order valence-electron chi connectivity index (χ2n) is 5.16. The molecule has 0 amide bonds. The molecule has 0 atom stereocenters. The molecule has 0 saturated heterocycles. The third kappa shape index (κ3) is 5.20. The molecule has 25 heavy (non-hydrogen) atoms. The summed E-state index contributed by atoms with van der Waals surface area (Å²) in [4.78, 5) is 8.95. The van der Waals surface area contributed by atoms with Crippen molar-refractivity contribution in [1.82, 2.24) is 9.97 Å². The molecule has 0 aliphatic rings. The van der Waals surface area contributed by atoms with Crippen LogP contribution in [0.15, 0.2) is 42.6 Å². The predicted molar refractivity (Wildman–Crippen MR) is 97.1 cm³/mol. The molecule has 1 aromatic carbocycles. The van der Waals surface area contributed by atoms with Crippen LogP contribution in [-0.2, 0) is 9.47 Å². The summed E-state index contributed by atoms with van der Waals surface area (Å²) in [5, 5.41) is 9.48. The maximum Gasteiger partial charge on any atom is 0.143 e. The largest absolute Gasteiger partial charge is 0.491 e. The van der Waals surface area contributed by atoms with Gasteiger partial charge in [0.1, 0.15) is 17.4 Å². The highest BCUT2D eigenvalue weighted by molar-refractivity contribution is 7.21. The first-order chi connectivity index (χ1) is 12.4. The SMILES string of the molecule is OCCOCCOCCOc1ccc2nc(-c3ccccn3)sc2c1. The molecule has 0 saturated carbocycles. The van der Waals surface area contributed by atoms with Gasteiger partial charge in [-0.15, -0.1) is 11.3 Å². The molecule has 0 unspecified atom stereocenters. The zero-order valence-electron chi connectivity index (χ0n) is 13.8. The van der Waals surface area contributed by atoms with E-state index in [4.69, 9.17) is 19.3 Å². The summed E-state index contributed by atoms with van der Waals surface area (Å²) in [5.41, 5.74) is 1.82. The van der Waals surface area contributed by atoms with Crippen molar-refractivity contribution >= 4 is 21.6 Å². The number of hydrogen-bond donors (Lipinski definition) is 1. The summed E-state index contributed by atoms with van der Waals surface area (Å²) >= 11 is 1.60. The second kappa shape index (κ2) is 9.43. The molecule has 2 aromatic heterocycles. The molecule has 0 spiro atoms. The van der Waals surface area contributed by atoms with Crippen molar-refractivity contribution in [3.05, 3.63) is 42.6 Å². The fourth-order valence-corrected chi connectivity index (χ4v) is 3.17. The summed E-state index contributed by atoms with van der Waals surface area (Å²) in [6.45, 7) is 2.30. The van der Waals surface area contributed by atoms with E-state index in [1.807, 2.05) is 36.4 Å². The molecule has 6 nitrogen and oxygen atoms in total. The third-order valence-electron chi connectivity index (χ3n) is 3.35. The van der Waals surface area contributed by atoms with Gasteiger partial charge in [-0.2, -0.15) is 0 Å². The smallest absolute Gasteiger partial charge is 0.143 e. The Bertz CT molecular complexity index is 779. The summed E-state index contributed by atoms with van der Waals surface area (Å²) in [6, 6.07) is 11.7. The highest BCUT2D eigenvalue weighted by atomic mass is 32.1. The molecule has 132 valence electrons. The van der Waals surface area contributed by atoms with Crippen molar-refractivity contribution in [2.24, 2.45) is 0 Å². The van der Waals surface area contributed by atoms with E-state index in [0.717, 1.165) is 26.7 Å². The highest BCUT2D eigenvalue weighted by Crippen LogP contribution is 2.31. The molecule has 2 heterocycles. The van der Waals surface area contributed by atoms with Gasteiger partial charge in [0.2, 0.25) is 0 Å². The lowest BCUT2D eigenvalue weighted by molar-refractivity contribution is 0.0247. The van der Waals surface area contributed by atoms with E-state index < -0.39 is 0 Å². The minimum absolute atomic E-state index is 0.0330. The number of benzene rings is 1. The Morgan fingerprint density at radius 2 is 1.80 bits per heavy atom. The Kier molecular flexibility index (Phi) is 6.70. The van der Waals surface area contributed by atoms with E-state index in [1.165, 1.54) is 0 Å². The van der Waals surface area contributed by atoms with Crippen molar-refractivity contribution in [2.45, 2.75) is 0 Å². The quantitative estimate of drug-likeness (QED) is 0.561. The van der Waals surface area contributed by atoms with Crippen molar-refractivity contribution in [3.63, 3.8) is 0 Å². The molecule has 0 fully saturated rings. The topological polar surface area (TPSA) is 73.7 Å². The van der Waals surface area contributed by atoms with Crippen LogP contribution in [0, 0.1) is 0 Å². The van der Waals surface area contributed by atoms with Crippen LogP contribution in [0.3, 0.4) is 0 Å². The first-order valence-corrected chi connectivity index (χ1v) is 8.89. The number of aliphatic hydroxyl groups is 1. The van der Waals surface area contributed by atoms with E-state index in [0.29, 0.717) is 33.0 Å². The van der Waals surface area contributed by atoms with Gasteiger partial charge in [-0.25, -0.2) is 4.98 Å². The highest BCUT2D eigenvalue weighted by Gasteiger charge is 2.08. The van der Waals surface area contributed by atoms with Crippen molar-refractivity contribution in [2.75, 3.05) is 39.6 Å². The first kappa shape index (κ1) is 17.8. The van der Waals surface area contributed by atoms with E-state index in [2.05, 4.69) is 9.97 Å². The molecule has 1 N–H and O–H groups in total. The van der Waals surface area contributed by atoms with Crippen LogP contribution in [0.5, 0.6) is 5.75 Å². The summed E-state index contributed by atoms with van der Waals surface area (Å²) in [6.07, 6.45) is 1.77. The zero-order valence-corrected chi connectivity index (χ0v) is 14.6. The van der Waals surface area contributed by atoms with Gasteiger partial charge in [-0.05, 0) is 30.3 Å². The van der Waals surface area contributed by atoms with E-state index in [-0.39, 0.29) is 6.61 Å².